The highest BCUT2D eigenvalue weighted by molar-refractivity contribution is 7.46. The second-order valence-corrected chi connectivity index (χ2v) is 10.8. The molecular formula is C25H36NO7P. The standard InChI is InChI=1S/C25H36NO7P/c1-24(2,3)33-23(27)26-25(4,19-32-34(28,29)30)17-16-21-12-14-22(15-13-21)31-18-8-11-20-9-6-5-7-10-20/h5-7,9-10,12-15H,8,11,16-19H2,1-4H3,(H,26,27)(H2,28,29,30)/t25-/m1/s1. The second-order valence-electron chi connectivity index (χ2n) is 9.53. The van der Waals surface area contributed by atoms with Gasteiger partial charge in [-0.3, -0.25) is 4.52 Å². The Bertz CT molecular complexity index is 938. The van der Waals surface area contributed by atoms with Crippen LogP contribution in [0.3, 0.4) is 0 Å². The molecule has 0 aliphatic rings. The van der Waals surface area contributed by atoms with Crippen LogP contribution in [0.4, 0.5) is 4.79 Å². The van der Waals surface area contributed by atoms with E-state index in [0.29, 0.717) is 19.4 Å². The quantitative estimate of drug-likeness (QED) is 0.281. The van der Waals surface area contributed by atoms with Crippen molar-refractivity contribution in [3.63, 3.8) is 0 Å². The van der Waals surface area contributed by atoms with Crippen molar-refractivity contribution in [2.45, 2.75) is 64.5 Å². The number of phosphoric ester groups is 1. The van der Waals surface area contributed by atoms with Gasteiger partial charge >= 0.3 is 13.9 Å². The Kier molecular flexibility index (Phi) is 10.1. The highest BCUT2D eigenvalue weighted by Gasteiger charge is 2.32. The Hall–Kier alpha value is -2.38. The molecule has 0 heterocycles. The molecule has 0 spiro atoms. The van der Waals surface area contributed by atoms with Gasteiger partial charge in [-0.1, -0.05) is 42.5 Å². The third kappa shape index (κ3) is 11.7. The fourth-order valence-corrected chi connectivity index (χ4v) is 3.68. The summed E-state index contributed by atoms with van der Waals surface area (Å²) >= 11 is 0. The molecule has 0 fully saturated rings. The van der Waals surface area contributed by atoms with Crippen molar-refractivity contribution in [2.75, 3.05) is 13.2 Å². The Morgan fingerprint density at radius 3 is 2.15 bits per heavy atom. The topological polar surface area (TPSA) is 114 Å². The highest BCUT2D eigenvalue weighted by Crippen LogP contribution is 2.37. The lowest BCUT2D eigenvalue weighted by Crippen LogP contribution is -2.51. The zero-order chi connectivity index (χ0) is 25.2. The number of carbonyl (C=O) groups is 1. The summed E-state index contributed by atoms with van der Waals surface area (Å²) < 4.78 is 27.0. The first-order valence-electron chi connectivity index (χ1n) is 11.3. The summed E-state index contributed by atoms with van der Waals surface area (Å²) in [5.41, 5.74) is 0.527. The number of rotatable bonds is 12. The van der Waals surface area contributed by atoms with E-state index in [-0.39, 0.29) is 6.61 Å². The monoisotopic (exact) mass is 493 g/mol. The van der Waals surface area contributed by atoms with E-state index in [1.807, 2.05) is 42.5 Å². The molecule has 0 bridgehead atoms. The number of alkyl carbamates (subject to hydrolysis) is 1. The largest absolute Gasteiger partial charge is 0.494 e. The number of hydrogen-bond acceptors (Lipinski definition) is 5. The minimum absolute atomic E-state index is 0.362. The van der Waals surface area contributed by atoms with Crippen molar-refractivity contribution in [2.24, 2.45) is 0 Å². The zero-order valence-electron chi connectivity index (χ0n) is 20.3. The van der Waals surface area contributed by atoms with Crippen molar-refractivity contribution in [1.82, 2.24) is 5.32 Å². The van der Waals surface area contributed by atoms with Gasteiger partial charge in [0.25, 0.3) is 0 Å². The third-order valence-electron chi connectivity index (χ3n) is 4.96. The first-order chi connectivity index (χ1) is 15.8. The fraction of sp³-hybridized carbons (Fsp3) is 0.480. The first kappa shape index (κ1) is 27.9. The third-order valence-corrected chi connectivity index (χ3v) is 5.43. The summed E-state index contributed by atoms with van der Waals surface area (Å²) in [5.74, 6) is 0.774. The molecule has 0 aliphatic carbocycles. The second kappa shape index (κ2) is 12.4. The van der Waals surface area contributed by atoms with Crippen molar-refractivity contribution >= 4 is 13.9 Å². The van der Waals surface area contributed by atoms with E-state index in [1.54, 1.807) is 27.7 Å². The number of benzene rings is 2. The molecule has 188 valence electrons. The zero-order valence-corrected chi connectivity index (χ0v) is 21.2. The average molecular weight is 494 g/mol. The van der Waals surface area contributed by atoms with Crippen molar-refractivity contribution in [1.29, 1.82) is 0 Å². The van der Waals surface area contributed by atoms with Crippen LogP contribution < -0.4 is 10.1 Å². The van der Waals surface area contributed by atoms with Crippen LogP contribution in [0.25, 0.3) is 0 Å². The molecule has 34 heavy (non-hydrogen) atoms. The Balaban J connectivity index is 1.88. The van der Waals surface area contributed by atoms with E-state index < -0.39 is 25.1 Å². The molecule has 0 radical (unpaired) electrons. The maximum Gasteiger partial charge on any atom is 0.469 e. The number of hydrogen-bond donors (Lipinski definition) is 3. The minimum atomic E-state index is -4.69. The molecule has 0 saturated heterocycles. The molecule has 0 saturated carbocycles. The number of amides is 1. The number of aryl methyl sites for hydroxylation is 2. The summed E-state index contributed by atoms with van der Waals surface area (Å²) in [6.07, 6.45) is 2.12. The van der Waals surface area contributed by atoms with Crippen molar-refractivity contribution in [3.05, 3.63) is 65.7 Å². The van der Waals surface area contributed by atoms with Gasteiger partial charge in [0.15, 0.2) is 0 Å². The van der Waals surface area contributed by atoms with E-state index in [1.165, 1.54) is 5.56 Å². The Morgan fingerprint density at radius 1 is 0.941 bits per heavy atom. The van der Waals surface area contributed by atoms with Gasteiger partial charge in [0.2, 0.25) is 0 Å². The average Bonchev–Trinajstić information content (AvgIpc) is 2.74. The van der Waals surface area contributed by atoms with Gasteiger partial charge < -0.3 is 24.6 Å². The maximum atomic E-state index is 12.3. The summed E-state index contributed by atoms with van der Waals surface area (Å²) in [7, 11) is -4.69. The van der Waals surface area contributed by atoms with E-state index >= 15 is 0 Å². The molecule has 2 aromatic rings. The SMILES string of the molecule is CC(C)(C)OC(=O)N[C@](C)(CCc1ccc(OCCCc2ccccc2)cc1)COP(=O)(O)O. The highest BCUT2D eigenvalue weighted by atomic mass is 31.2. The molecule has 1 atom stereocenters. The maximum absolute atomic E-state index is 12.3. The van der Waals surface area contributed by atoms with Gasteiger partial charge in [-0.05, 0) is 76.6 Å². The van der Waals surface area contributed by atoms with E-state index in [0.717, 1.165) is 24.2 Å². The normalized spacial score (nSPS) is 13.7. The van der Waals surface area contributed by atoms with E-state index in [9.17, 15) is 9.36 Å². The Morgan fingerprint density at radius 2 is 1.56 bits per heavy atom. The predicted octanol–water partition coefficient (Wildman–Crippen LogP) is 5.02. The fourth-order valence-electron chi connectivity index (χ4n) is 3.23. The predicted molar refractivity (Wildman–Crippen MR) is 131 cm³/mol. The molecule has 8 nitrogen and oxygen atoms in total. The molecule has 3 N–H and O–H groups in total. The van der Waals surface area contributed by atoms with Gasteiger partial charge in [0, 0.05) is 0 Å². The molecule has 2 rings (SSSR count). The lowest BCUT2D eigenvalue weighted by Gasteiger charge is -2.32. The van der Waals surface area contributed by atoms with Crippen molar-refractivity contribution in [3.8, 4) is 5.75 Å². The molecule has 0 unspecified atom stereocenters. The molecule has 0 aliphatic heterocycles. The molecular weight excluding hydrogens is 457 g/mol. The molecule has 0 aromatic heterocycles. The molecule has 9 heteroatoms. The van der Waals surface area contributed by atoms with Gasteiger partial charge in [-0.2, -0.15) is 0 Å². The summed E-state index contributed by atoms with van der Waals surface area (Å²) in [4.78, 5) is 30.5. The van der Waals surface area contributed by atoms with Crippen LogP contribution in [-0.4, -0.2) is 40.2 Å². The number of carbonyl (C=O) groups excluding carboxylic acids is 1. The summed E-state index contributed by atoms with van der Waals surface area (Å²) in [6, 6.07) is 17.9. The smallest absolute Gasteiger partial charge is 0.469 e. The van der Waals surface area contributed by atoms with E-state index in [2.05, 4.69) is 17.4 Å². The van der Waals surface area contributed by atoms with Crippen molar-refractivity contribution < 1.29 is 33.1 Å². The minimum Gasteiger partial charge on any atom is -0.494 e. The lowest BCUT2D eigenvalue weighted by molar-refractivity contribution is 0.0399. The molecule has 1 amide bonds. The molecule has 2 aromatic carbocycles. The van der Waals surface area contributed by atoms with Crippen LogP contribution in [-0.2, 0) is 26.7 Å². The van der Waals surface area contributed by atoms with Crippen LogP contribution in [0.5, 0.6) is 5.75 Å². The van der Waals surface area contributed by atoms with Gasteiger partial charge in [-0.15, -0.1) is 0 Å². The lowest BCUT2D eigenvalue weighted by atomic mass is 9.94. The number of nitrogens with one attached hydrogen (secondary N) is 1. The summed E-state index contributed by atoms with van der Waals surface area (Å²) in [6.45, 7) is 7.13. The van der Waals surface area contributed by atoms with Gasteiger partial charge in [0.05, 0.1) is 18.8 Å². The van der Waals surface area contributed by atoms with Crippen LogP contribution in [0.2, 0.25) is 0 Å². The van der Waals surface area contributed by atoms with Gasteiger partial charge in [-0.25, -0.2) is 9.36 Å². The van der Waals surface area contributed by atoms with Crippen LogP contribution in [0, 0.1) is 0 Å². The van der Waals surface area contributed by atoms with E-state index in [4.69, 9.17) is 23.8 Å². The summed E-state index contributed by atoms with van der Waals surface area (Å²) in [5, 5.41) is 2.70. The number of phosphoric acid groups is 1. The Labute approximate surface area is 201 Å². The first-order valence-corrected chi connectivity index (χ1v) is 12.8. The van der Waals surface area contributed by atoms with Crippen LogP contribution in [0.15, 0.2) is 54.6 Å². The van der Waals surface area contributed by atoms with Gasteiger partial charge in [0.1, 0.15) is 11.4 Å². The van der Waals surface area contributed by atoms with Crippen LogP contribution >= 0.6 is 7.82 Å². The number of ether oxygens (including phenoxy) is 2. The van der Waals surface area contributed by atoms with Crippen LogP contribution in [0.1, 0.15) is 51.7 Å².